The number of hydrogen-bond donors (Lipinski definition) is 0. The molecule has 0 aliphatic heterocycles. The van der Waals surface area contributed by atoms with E-state index in [4.69, 9.17) is 0 Å². The molecule has 0 saturated heterocycles. The molecule has 0 amide bonds. The van der Waals surface area contributed by atoms with Crippen LogP contribution >= 0.6 is 0 Å². The lowest BCUT2D eigenvalue weighted by Crippen LogP contribution is -2.27. The molecular formula is C24H22N2O2. The van der Waals surface area contributed by atoms with Gasteiger partial charge in [0.05, 0.1) is 22.9 Å². The number of aldehydes is 1. The zero-order chi connectivity index (χ0) is 20.1. The molecule has 4 nitrogen and oxygen atoms in total. The molecular weight excluding hydrogens is 348 g/mol. The summed E-state index contributed by atoms with van der Waals surface area (Å²) in [5, 5.41) is 9.52. The van der Waals surface area contributed by atoms with Gasteiger partial charge in [-0.25, -0.2) is 0 Å². The van der Waals surface area contributed by atoms with Gasteiger partial charge in [0.25, 0.3) is 5.56 Å². The predicted octanol–water partition coefficient (Wildman–Crippen LogP) is 4.84. The lowest BCUT2D eigenvalue weighted by molar-refractivity contribution is 0.112. The Bertz CT molecular complexity index is 1120. The zero-order valence-corrected chi connectivity index (χ0v) is 16.1. The number of hydrogen-bond acceptors (Lipinski definition) is 3. The molecule has 0 N–H and O–H groups in total. The summed E-state index contributed by atoms with van der Waals surface area (Å²) in [5.41, 5.74) is 4.20. The first-order valence-electron chi connectivity index (χ1n) is 9.42. The van der Waals surface area contributed by atoms with Crippen LogP contribution in [0.15, 0.2) is 59.4 Å². The van der Waals surface area contributed by atoms with Gasteiger partial charge in [-0.1, -0.05) is 49.7 Å². The second-order valence-electron chi connectivity index (χ2n) is 6.77. The largest absolute Gasteiger partial charge is 0.298 e. The fourth-order valence-electron chi connectivity index (χ4n) is 3.47. The molecule has 0 bridgehead atoms. The van der Waals surface area contributed by atoms with Crippen molar-refractivity contribution in [3.63, 3.8) is 0 Å². The summed E-state index contributed by atoms with van der Waals surface area (Å²) in [6.45, 7) is 3.90. The quantitative estimate of drug-likeness (QED) is 0.583. The maximum absolute atomic E-state index is 13.2. The van der Waals surface area contributed by atoms with Crippen molar-refractivity contribution in [1.82, 2.24) is 4.57 Å². The fourth-order valence-corrected chi connectivity index (χ4v) is 3.47. The van der Waals surface area contributed by atoms with E-state index in [-0.39, 0.29) is 11.1 Å². The third kappa shape index (κ3) is 3.52. The molecule has 140 valence electrons. The number of carbonyl (C=O) groups excluding carboxylic acids is 1. The van der Waals surface area contributed by atoms with Crippen LogP contribution in [0.4, 0.5) is 0 Å². The van der Waals surface area contributed by atoms with Crippen LogP contribution in [0, 0.1) is 18.3 Å². The number of pyridine rings is 1. The second-order valence-corrected chi connectivity index (χ2v) is 6.77. The van der Waals surface area contributed by atoms with Gasteiger partial charge in [-0.05, 0) is 43.5 Å². The lowest BCUT2D eigenvalue weighted by Gasteiger charge is -2.19. The zero-order valence-electron chi connectivity index (χ0n) is 16.1. The van der Waals surface area contributed by atoms with Gasteiger partial charge in [0.15, 0.2) is 6.29 Å². The number of aromatic nitrogens is 1. The normalized spacial score (nSPS) is 10.5. The van der Waals surface area contributed by atoms with Crippen molar-refractivity contribution in [3.05, 3.63) is 87.3 Å². The highest BCUT2D eigenvalue weighted by Crippen LogP contribution is 2.30. The molecule has 28 heavy (non-hydrogen) atoms. The van der Waals surface area contributed by atoms with Gasteiger partial charge in [-0.2, -0.15) is 5.26 Å². The Morgan fingerprint density at radius 1 is 1.07 bits per heavy atom. The molecule has 0 radical (unpaired) electrons. The molecule has 0 saturated carbocycles. The number of benzene rings is 2. The summed E-state index contributed by atoms with van der Waals surface area (Å²) in [7, 11) is 0. The van der Waals surface area contributed by atoms with Crippen molar-refractivity contribution in [2.24, 2.45) is 0 Å². The number of aryl methyl sites for hydroxylation is 2. The van der Waals surface area contributed by atoms with Crippen LogP contribution < -0.4 is 5.56 Å². The van der Waals surface area contributed by atoms with Gasteiger partial charge in [-0.15, -0.1) is 0 Å². The van der Waals surface area contributed by atoms with Crippen LogP contribution in [0.2, 0.25) is 0 Å². The molecule has 1 aromatic heterocycles. The molecule has 0 fully saturated rings. The van der Waals surface area contributed by atoms with E-state index in [2.05, 4.69) is 13.0 Å². The van der Waals surface area contributed by atoms with Crippen LogP contribution in [0.1, 0.15) is 46.9 Å². The molecule has 1 heterocycles. The highest BCUT2D eigenvalue weighted by Gasteiger charge is 2.17. The molecule has 3 aromatic rings. The molecule has 0 unspecified atom stereocenters. The molecule has 0 atom stereocenters. The number of para-hydroxylation sites is 1. The van der Waals surface area contributed by atoms with Gasteiger partial charge in [0, 0.05) is 16.8 Å². The van der Waals surface area contributed by atoms with Crippen molar-refractivity contribution in [1.29, 1.82) is 5.26 Å². The van der Waals surface area contributed by atoms with Gasteiger partial charge in [0.1, 0.15) is 0 Å². The van der Waals surface area contributed by atoms with Crippen molar-refractivity contribution in [3.8, 4) is 22.9 Å². The van der Waals surface area contributed by atoms with Crippen molar-refractivity contribution >= 4 is 6.29 Å². The SMILES string of the molecule is CCCCc1cc(C)c(C=O)c(=O)n1-c1ccccc1-c1ccccc1C#N. The van der Waals surface area contributed by atoms with Crippen molar-refractivity contribution in [2.45, 2.75) is 33.1 Å². The van der Waals surface area contributed by atoms with Gasteiger partial charge < -0.3 is 0 Å². The number of rotatable bonds is 6. The van der Waals surface area contributed by atoms with Crippen LogP contribution in [0.25, 0.3) is 16.8 Å². The second kappa shape index (κ2) is 8.49. The number of unbranched alkanes of at least 4 members (excludes halogenated alkanes) is 1. The van der Waals surface area contributed by atoms with E-state index in [0.717, 1.165) is 36.1 Å². The average Bonchev–Trinajstić information content (AvgIpc) is 2.72. The molecule has 0 aliphatic carbocycles. The van der Waals surface area contributed by atoms with Gasteiger partial charge in [-0.3, -0.25) is 14.2 Å². The molecule has 2 aromatic carbocycles. The summed E-state index contributed by atoms with van der Waals surface area (Å²) in [6.07, 6.45) is 3.31. The summed E-state index contributed by atoms with van der Waals surface area (Å²) in [6, 6.07) is 19.0. The van der Waals surface area contributed by atoms with Gasteiger partial charge >= 0.3 is 0 Å². The first-order chi connectivity index (χ1) is 13.6. The number of nitrogens with zero attached hydrogens (tertiary/aromatic N) is 2. The molecule has 4 heteroatoms. The average molecular weight is 370 g/mol. The van der Waals surface area contributed by atoms with E-state index in [1.807, 2.05) is 48.5 Å². The van der Waals surface area contributed by atoms with Crippen LogP contribution in [0.5, 0.6) is 0 Å². The minimum Gasteiger partial charge on any atom is -0.298 e. The van der Waals surface area contributed by atoms with Crippen LogP contribution in [0.3, 0.4) is 0 Å². The van der Waals surface area contributed by atoms with Crippen LogP contribution in [-0.4, -0.2) is 10.9 Å². The van der Waals surface area contributed by atoms with E-state index in [1.54, 1.807) is 17.6 Å². The van der Waals surface area contributed by atoms with Crippen molar-refractivity contribution in [2.75, 3.05) is 0 Å². The Morgan fingerprint density at radius 2 is 1.75 bits per heavy atom. The third-order valence-corrected chi connectivity index (χ3v) is 4.92. The highest BCUT2D eigenvalue weighted by molar-refractivity contribution is 5.80. The number of carbonyl (C=O) groups is 1. The first kappa shape index (κ1) is 19.3. The Morgan fingerprint density at radius 3 is 2.43 bits per heavy atom. The van der Waals surface area contributed by atoms with Crippen LogP contribution in [-0.2, 0) is 6.42 Å². The van der Waals surface area contributed by atoms with E-state index in [1.165, 1.54) is 0 Å². The summed E-state index contributed by atoms with van der Waals surface area (Å²) >= 11 is 0. The summed E-state index contributed by atoms with van der Waals surface area (Å²) in [4.78, 5) is 24.8. The standard InChI is InChI=1S/C24H22N2O2/c1-3-4-10-19-14-17(2)22(16-27)24(28)26(19)23-13-8-7-12-21(23)20-11-6-5-9-18(20)15-25/h5-9,11-14,16H,3-4,10H2,1-2H3. The molecule has 0 aliphatic rings. The highest BCUT2D eigenvalue weighted by atomic mass is 16.1. The Balaban J connectivity index is 2.35. The Kier molecular flexibility index (Phi) is 5.86. The Labute approximate surface area is 164 Å². The molecule has 3 rings (SSSR count). The van der Waals surface area contributed by atoms with E-state index in [0.29, 0.717) is 23.1 Å². The number of nitriles is 1. The van der Waals surface area contributed by atoms with Gasteiger partial charge in [0.2, 0.25) is 0 Å². The fraction of sp³-hybridized carbons (Fsp3) is 0.208. The minimum atomic E-state index is -0.317. The first-order valence-corrected chi connectivity index (χ1v) is 9.42. The maximum Gasteiger partial charge on any atom is 0.266 e. The molecule has 0 spiro atoms. The summed E-state index contributed by atoms with van der Waals surface area (Å²) in [5.74, 6) is 0. The smallest absolute Gasteiger partial charge is 0.266 e. The third-order valence-electron chi connectivity index (χ3n) is 4.92. The van der Waals surface area contributed by atoms with E-state index in [9.17, 15) is 14.9 Å². The van der Waals surface area contributed by atoms with Crippen molar-refractivity contribution < 1.29 is 4.79 Å². The topological polar surface area (TPSA) is 62.9 Å². The predicted molar refractivity (Wildman–Crippen MR) is 111 cm³/mol. The van der Waals surface area contributed by atoms with E-state index < -0.39 is 0 Å². The van der Waals surface area contributed by atoms with E-state index >= 15 is 0 Å². The Hall–Kier alpha value is -3.45. The monoisotopic (exact) mass is 370 g/mol. The lowest BCUT2D eigenvalue weighted by atomic mass is 9.98. The minimum absolute atomic E-state index is 0.170. The maximum atomic E-state index is 13.2. The summed E-state index contributed by atoms with van der Waals surface area (Å²) < 4.78 is 1.63.